The second kappa shape index (κ2) is 6.90. The third-order valence-electron chi connectivity index (χ3n) is 4.02. The topological polar surface area (TPSA) is 23.8 Å². The minimum atomic E-state index is -1.02. The summed E-state index contributed by atoms with van der Waals surface area (Å²) < 4.78 is 56.2. The molecule has 0 saturated heterocycles. The second-order valence-electron chi connectivity index (χ2n) is 5.60. The van der Waals surface area contributed by atoms with Crippen molar-refractivity contribution in [3.63, 3.8) is 0 Å². The number of rotatable bonds is 1. The first-order valence-corrected chi connectivity index (χ1v) is 7.77. The molecule has 0 aromatic heterocycles. The summed E-state index contributed by atoms with van der Waals surface area (Å²) in [6, 6.07) is 9.21. The zero-order valence-electron chi connectivity index (χ0n) is 13.6. The van der Waals surface area contributed by atoms with Crippen LogP contribution in [0.1, 0.15) is 29.2 Å². The molecule has 0 bridgehead atoms. The van der Waals surface area contributed by atoms with E-state index in [4.69, 9.17) is 5.26 Å². The van der Waals surface area contributed by atoms with Gasteiger partial charge in [-0.1, -0.05) is 30.9 Å². The zero-order valence-corrected chi connectivity index (χ0v) is 13.6. The molecule has 0 fully saturated rings. The third-order valence-corrected chi connectivity index (χ3v) is 4.02. The van der Waals surface area contributed by atoms with Crippen molar-refractivity contribution in [2.75, 3.05) is 0 Å². The summed E-state index contributed by atoms with van der Waals surface area (Å²) >= 11 is 0. The molecule has 3 rings (SSSR count). The highest BCUT2D eigenvalue weighted by atomic mass is 19.1. The average Bonchev–Trinajstić information content (AvgIpc) is 2.61. The first kappa shape index (κ1) is 17.5. The Balaban J connectivity index is 2.19. The summed E-state index contributed by atoms with van der Waals surface area (Å²) in [5.41, 5.74) is -0.393. The van der Waals surface area contributed by atoms with E-state index in [-0.39, 0.29) is 16.3 Å². The minimum absolute atomic E-state index is 0.0111. The van der Waals surface area contributed by atoms with Crippen LogP contribution in [-0.2, 0) is 6.42 Å². The van der Waals surface area contributed by atoms with E-state index in [0.717, 1.165) is 6.07 Å². The average molecular weight is 353 g/mol. The molecular weight excluding hydrogens is 342 g/mol. The van der Waals surface area contributed by atoms with Gasteiger partial charge in [0.2, 0.25) is 0 Å². The number of nitrogens with zero attached hydrogens (tertiary/aromatic N) is 1. The lowest BCUT2D eigenvalue weighted by atomic mass is 10.0. The lowest BCUT2D eigenvalue weighted by molar-refractivity contribution is 0.574. The van der Waals surface area contributed by atoms with E-state index in [1.807, 2.05) is 0 Å². The van der Waals surface area contributed by atoms with Crippen molar-refractivity contribution in [3.05, 3.63) is 81.9 Å². The molecule has 3 aromatic rings. The first-order valence-electron chi connectivity index (χ1n) is 7.77. The molecule has 0 unspecified atom stereocenters. The smallest absolute Gasteiger partial charge is 0.151 e. The summed E-state index contributed by atoms with van der Waals surface area (Å²) in [5.74, 6) is 1.37. The van der Waals surface area contributed by atoms with Gasteiger partial charge in [-0.2, -0.15) is 5.26 Å². The van der Waals surface area contributed by atoms with Crippen LogP contribution in [0.5, 0.6) is 0 Å². The van der Waals surface area contributed by atoms with E-state index in [9.17, 15) is 17.6 Å². The van der Waals surface area contributed by atoms with Gasteiger partial charge in [0.05, 0.1) is 5.56 Å². The molecule has 3 aromatic carbocycles. The lowest BCUT2D eigenvalue weighted by Gasteiger charge is -2.05. The number of hydrogen-bond donors (Lipinski definition) is 0. The number of fused-ring (bicyclic) bond motifs is 1. The number of nitriles is 1. The van der Waals surface area contributed by atoms with Crippen LogP contribution in [0.15, 0.2) is 36.4 Å². The summed E-state index contributed by atoms with van der Waals surface area (Å²) in [6.45, 7) is 1.77. The van der Waals surface area contributed by atoms with Crippen molar-refractivity contribution in [1.29, 1.82) is 5.26 Å². The Morgan fingerprint density at radius 3 is 2.12 bits per heavy atom. The molecule has 26 heavy (non-hydrogen) atoms. The SMILES string of the molecule is CCc1cc(F)c(C#Cc2cccc3c(F)c(C#N)c(F)cc23)c(F)c1. The molecule has 0 saturated carbocycles. The van der Waals surface area contributed by atoms with Gasteiger partial charge in [-0.25, -0.2) is 17.6 Å². The van der Waals surface area contributed by atoms with Gasteiger partial charge in [0.1, 0.15) is 29.1 Å². The van der Waals surface area contributed by atoms with Crippen LogP contribution >= 0.6 is 0 Å². The number of hydrogen-bond acceptors (Lipinski definition) is 1. The van der Waals surface area contributed by atoms with Crippen LogP contribution in [0.4, 0.5) is 17.6 Å². The molecule has 0 radical (unpaired) electrons. The highest BCUT2D eigenvalue weighted by Gasteiger charge is 2.15. The van der Waals surface area contributed by atoms with Gasteiger partial charge in [0.25, 0.3) is 0 Å². The first-order chi connectivity index (χ1) is 12.5. The van der Waals surface area contributed by atoms with Gasteiger partial charge < -0.3 is 0 Å². The molecule has 5 heteroatoms. The minimum Gasteiger partial charge on any atom is -0.206 e. The van der Waals surface area contributed by atoms with Crippen molar-refractivity contribution in [3.8, 4) is 17.9 Å². The van der Waals surface area contributed by atoms with Crippen LogP contribution in [0.3, 0.4) is 0 Å². The molecule has 128 valence electrons. The number of benzene rings is 3. The number of halogens is 4. The van der Waals surface area contributed by atoms with Crippen molar-refractivity contribution in [2.24, 2.45) is 0 Å². The molecular formula is C21H11F4N. The standard InChI is InChI=1S/C21H11F4N/c1-2-12-8-18(22)15(19(23)9-12)7-6-13-4-3-5-14-16(13)10-20(24)17(11-26)21(14)25/h3-5,8-10H,2H2,1H3. The molecule has 0 atom stereocenters. The molecule has 0 N–H and O–H groups in total. The van der Waals surface area contributed by atoms with Gasteiger partial charge in [0, 0.05) is 16.3 Å². The maximum Gasteiger partial charge on any atom is 0.151 e. The quantitative estimate of drug-likeness (QED) is 0.434. The van der Waals surface area contributed by atoms with Gasteiger partial charge in [-0.3, -0.25) is 0 Å². The molecule has 0 spiro atoms. The van der Waals surface area contributed by atoms with Crippen molar-refractivity contribution < 1.29 is 17.6 Å². The van der Waals surface area contributed by atoms with E-state index < -0.39 is 34.4 Å². The monoisotopic (exact) mass is 353 g/mol. The van der Waals surface area contributed by atoms with Crippen LogP contribution in [0.25, 0.3) is 10.8 Å². The fraction of sp³-hybridized carbons (Fsp3) is 0.0952. The van der Waals surface area contributed by atoms with E-state index in [1.54, 1.807) is 6.92 Å². The van der Waals surface area contributed by atoms with Gasteiger partial charge in [0.15, 0.2) is 5.82 Å². The van der Waals surface area contributed by atoms with E-state index in [2.05, 4.69) is 11.8 Å². The Labute approximate surface area is 147 Å². The number of aryl methyl sites for hydroxylation is 1. The molecule has 0 amide bonds. The van der Waals surface area contributed by atoms with Crippen LogP contribution in [0.2, 0.25) is 0 Å². The summed E-state index contributed by atoms with van der Waals surface area (Å²) in [4.78, 5) is 0. The second-order valence-corrected chi connectivity index (χ2v) is 5.60. The van der Waals surface area contributed by atoms with Crippen LogP contribution in [0, 0.1) is 46.4 Å². The van der Waals surface area contributed by atoms with Crippen LogP contribution in [-0.4, -0.2) is 0 Å². The molecule has 0 aliphatic heterocycles. The van der Waals surface area contributed by atoms with E-state index >= 15 is 0 Å². The van der Waals surface area contributed by atoms with Crippen molar-refractivity contribution in [2.45, 2.75) is 13.3 Å². The van der Waals surface area contributed by atoms with E-state index in [1.165, 1.54) is 36.4 Å². The predicted octanol–water partition coefficient (Wildman–Crippen LogP) is 5.23. The summed E-state index contributed by atoms with van der Waals surface area (Å²) in [7, 11) is 0. The predicted molar refractivity (Wildman–Crippen MR) is 90.3 cm³/mol. The Morgan fingerprint density at radius 2 is 1.50 bits per heavy atom. The lowest BCUT2D eigenvalue weighted by Crippen LogP contribution is -1.95. The van der Waals surface area contributed by atoms with Crippen LogP contribution < -0.4 is 0 Å². The normalized spacial score (nSPS) is 10.3. The fourth-order valence-electron chi connectivity index (χ4n) is 2.64. The Bertz CT molecular complexity index is 1110. The maximum absolute atomic E-state index is 14.3. The largest absolute Gasteiger partial charge is 0.206 e. The Kier molecular flexibility index (Phi) is 4.65. The molecule has 0 aliphatic rings. The van der Waals surface area contributed by atoms with Gasteiger partial charge in [-0.05, 0) is 36.2 Å². The Hall–Kier alpha value is -3.31. The highest BCUT2D eigenvalue weighted by molar-refractivity contribution is 5.90. The maximum atomic E-state index is 14.3. The molecule has 0 aliphatic carbocycles. The van der Waals surface area contributed by atoms with Gasteiger partial charge >= 0.3 is 0 Å². The summed E-state index contributed by atoms with van der Waals surface area (Å²) in [6.07, 6.45) is 0.477. The highest BCUT2D eigenvalue weighted by Crippen LogP contribution is 2.26. The van der Waals surface area contributed by atoms with Crippen molar-refractivity contribution in [1.82, 2.24) is 0 Å². The Morgan fingerprint density at radius 1 is 0.846 bits per heavy atom. The third kappa shape index (κ3) is 3.00. The van der Waals surface area contributed by atoms with E-state index in [0.29, 0.717) is 12.0 Å². The van der Waals surface area contributed by atoms with Crippen molar-refractivity contribution >= 4 is 10.8 Å². The molecule has 1 nitrogen and oxygen atoms in total. The molecule has 0 heterocycles. The fourth-order valence-corrected chi connectivity index (χ4v) is 2.64. The summed E-state index contributed by atoms with van der Waals surface area (Å²) in [5, 5.41) is 8.98. The van der Waals surface area contributed by atoms with Gasteiger partial charge in [-0.15, -0.1) is 0 Å². The zero-order chi connectivity index (χ0) is 18.8.